The highest BCUT2D eigenvalue weighted by Crippen LogP contribution is 2.53. The summed E-state index contributed by atoms with van der Waals surface area (Å²) >= 11 is 25.2. The molecule has 0 aromatic heterocycles. The zero-order valence-electron chi connectivity index (χ0n) is 13.2. The van der Waals surface area contributed by atoms with Crippen molar-refractivity contribution >= 4 is 145 Å². The number of carbonyl (C=O) groups excluding carboxylic acids is 1. The topological polar surface area (TPSA) is 32.7 Å². The molecule has 0 N–H and O–H groups in total. The third-order valence-electron chi connectivity index (χ3n) is 4.66. The van der Waals surface area contributed by atoms with Crippen LogP contribution in [0.1, 0.15) is 15.9 Å². The molecule has 2 heterocycles. The van der Waals surface area contributed by atoms with Crippen molar-refractivity contribution in [1.29, 1.82) is 0 Å². The van der Waals surface area contributed by atoms with E-state index in [4.69, 9.17) is 4.99 Å². The van der Waals surface area contributed by atoms with Gasteiger partial charge in [0.05, 0.1) is 16.9 Å². The number of amides is 1. The van der Waals surface area contributed by atoms with Gasteiger partial charge in [-0.25, -0.2) is 4.99 Å². The maximum absolute atomic E-state index is 13.5. The number of hydrogen-bond donors (Lipinski definition) is 0. The summed E-state index contributed by atoms with van der Waals surface area (Å²) in [6.45, 7) is 0. The molecule has 3 nitrogen and oxygen atoms in total. The van der Waals surface area contributed by atoms with Gasteiger partial charge in [0.15, 0.2) is 0 Å². The van der Waals surface area contributed by atoms with Crippen LogP contribution in [0.15, 0.2) is 54.5 Å². The van der Waals surface area contributed by atoms with Gasteiger partial charge in [0.25, 0.3) is 5.91 Å². The third-order valence-corrected chi connectivity index (χ3v) is 12.1. The Morgan fingerprint density at radius 3 is 2.07 bits per heavy atom. The summed E-state index contributed by atoms with van der Waals surface area (Å²) in [6.07, 6.45) is 0. The van der Waals surface area contributed by atoms with Crippen molar-refractivity contribution in [3.05, 3.63) is 60.6 Å². The molecule has 2 aliphatic rings. The van der Waals surface area contributed by atoms with Crippen LogP contribution in [0.25, 0.3) is 10.8 Å². The van der Waals surface area contributed by atoms with Crippen LogP contribution < -0.4 is 4.90 Å². The molecule has 3 aromatic carbocycles. The predicted molar refractivity (Wildman–Crippen MR) is 137 cm³/mol. The highest BCUT2D eigenvalue weighted by molar-refractivity contribution is 9.15. The number of hydrogen-bond acceptors (Lipinski definition) is 2. The number of carbonyl (C=O) groups is 1. The van der Waals surface area contributed by atoms with E-state index < -0.39 is 0 Å². The average molecular weight is 823 g/mol. The molecule has 0 unspecified atom stereocenters. The molecule has 28 heavy (non-hydrogen) atoms. The molecule has 0 saturated heterocycles. The molecule has 140 valence electrons. The lowest BCUT2D eigenvalue weighted by atomic mass is 10.0. The Balaban J connectivity index is 1.97. The molecule has 2 aliphatic heterocycles. The second-order valence-electron chi connectivity index (χ2n) is 6.09. The summed E-state index contributed by atoms with van der Waals surface area (Å²) in [4.78, 5) is 20.1. The van der Waals surface area contributed by atoms with E-state index in [9.17, 15) is 4.79 Å². The van der Waals surface area contributed by atoms with Gasteiger partial charge >= 0.3 is 0 Å². The van der Waals surface area contributed by atoms with Crippen LogP contribution in [0.5, 0.6) is 0 Å². The Bertz CT molecular complexity index is 1320. The van der Waals surface area contributed by atoms with E-state index in [1.54, 1.807) is 4.90 Å². The summed E-state index contributed by atoms with van der Waals surface area (Å²) < 4.78 is 5.71. The monoisotopic (exact) mass is 815 g/mol. The van der Waals surface area contributed by atoms with Crippen molar-refractivity contribution < 1.29 is 4.79 Å². The molecular formula is C18H3Br7N2O. The Kier molecular flexibility index (Phi) is 5.06. The maximum atomic E-state index is 13.5. The lowest BCUT2D eigenvalue weighted by Gasteiger charge is -2.26. The highest BCUT2D eigenvalue weighted by Gasteiger charge is 2.43. The van der Waals surface area contributed by atoms with Gasteiger partial charge < -0.3 is 0 Å². The zero-order chi connectivity index (χ0) is 20.1. The molecule has 5 rings (SSSR count). The first-order valence-corrected chi connectivity index (χ1v) is 13.2. The van der Waals surface area contributed by atoms with Crippen molar-refractivity contribution in [2.75, 3.05) is 4.90 Å². The fraction of sp³-hybridized carbons (Fsp3) is 0. The van der Waals surface area contributed by atoms with Gasteiger partial charge in [-0.3, -0.25) is 9.69 Å². The van der Waals surface area contributed by atoms with Crippen LogP contribution in [-0.2, 0) is 0 Å². The van der Waals surface area contributed by atoms with Crippen LogP contribution in [0.3, 0.4) is 0 Å². The second-order valence-corrected chi connectivity index (χ2v) is 11.8. The third kappa shape index (κ3) is 2.58. The van der Waals surface area contributed by atoms with Crippen LogP contribution in [-0.4, -0.2) is 11.7 Å². The first-order valence-electron chi connectivity index (χ1n) is 7.63. The zero-order valence-corrected chi connectivity index (χ0v) is 24.3. The molecule has 10 heteroatoms. The molecule has 0 aliphatic carbocycles. The number of rotatable bonds is 0. The smallest absolute Gasteiger partial charge is 0.266 e. The van der Waals surface area contributed by atoms with Gasteiger partial charge in [-0.15, -0.1) is 0 Å². The number of halogens is 7. The molecule has 0 fully saturated rings. The van der Waals surface area contributed by atoms with E-state index in [0.29, 0.717) is 15.9 Å². The molecule has 0 saturated carbocycles. The van der Waals surface area contributed by atoms with Gasteiger partial charge in [-0.2, -0.15) is 0 Å². The van der Waals surface area contributed by atoms with Crippen LogP contribution in [0, 0.1) is 0 Å². The molecular weight excluding hydrogens is 820 g/mol. The molecule has 0 bridgehead atoms. The second kappa shape index (κ2) is 6.97. The Morgan fingerprint density at radius 2 is 1.39 bits per heavy atom. The van der Waals surface area contributed by atoms with Gasteiger partial charge in [-0.05, 0) is 124 Å². The number of aliphatic imine (C=N–C) groups is 1. The van der Waals surface area contributed by atoms with Gasteiger partial charge in [0, 0.05) is 47.6 Å². The molecule has 0 radical (unpaired) electrons. The summed E-state index contributed by atoms with van der Waals surface area (Å²) in [5, 5.41) is 1.90. The number of nitrogens with zero attached hydrogens (tertiary/aromatic N) is 2. The molecule has 3 aromatic rings. The molecule has 0 spiro atoms. The number of anilines is 1. The SMILES string of the molecule is O=C1c2c(Br)c(Br)c(Br)c(Br)c2C2=Nc3cc(Br)c(Br)c4ccc(Br)c(c34)N12. The lowest BCUT2D eigenvalue weighted by Crippen LogP contribution is -2.32. The van der Waals surface area contributed by atoms with Crippen molar-refractivity contribution in [2.45, 2.75) is 0 Å². The minimum atomic E-state index is -0.132. The number of amidine groups is 1. The maximum Gasteiger partial charge on any atom is 0.266 e. The Hall–Kier alpha value is 0.420. The van der Waals surface area contributed by atoms with E-state index >= 15 is 0 Å². The van der Waals surface area contributed by atoms with E-state index in [1.165, 1.54) is 0 Å². The number of benzene rings is 3. The molecule has 0 atom stereocenters. The van der Waals surface area contributed by atoms with Crippen molar-refractivity contribution in [1.82, 2.24) is 0 Å². The lowest BCUT2D eigenvalue weighted by molar-refractivity contribution is 0.101. The van der Waals surface area contributed by atoms with Crippen LogP contribution in [0.2, 0.25) is 0 Å². The van der Waals surface area contributed by atoms with E-state index in [-0.39, 0.29) is 5.91 Å². The average Bonchev–Trinajstić information content (AvgIpc) is 2.96. The highest BCUT2D eigenvalue weighted by atomic mass is 79.9. The van der Waals surface area contributed by atoms with E-state index in [1.807, 2.05) is 18.2 Å². The van der Waals surface area contributed by atoms with Crippen molar-refractivity contribution in [2.24, 2.45) is 4.99 Å². The minimum absolute atomic E-state index is 0.132. The normalized spacial score (nSPS) is 14.5. The van der Waals surface area contributed by atoms with E-state index in [0.717, 1.165) is 54.5 Å². The van der Waals surface area contributed by atoms with Gasteiger partial charge in [-0.1, -0.05) is 6.07 Å². The van der Waals surface area contributed by atoms with Gasteiger partial charge in [0.1, 0.15) is 5.84 Å². The summed E-state index contributed by atoms with van der Waals surface area (Å²) in [7, 11) is 0. The van der Waals surface area contributed by atoms with Crippen LogP contribution >= 0.6 is 112 Å². The van der Waals surface area contributed by atoms with E-state index in [2.05, 4.69) is 112 Å². The predicted octanol–water partition coefficient (Wildman–Crippen LogP) is 9.23. The standard InChI is InChI=1S/C18H3Br7N2O/c19-5-2-1-4-8-7(3-6(20)11(4)21)26-17-9-10(18(28)27(17)16(5)8)13(23)15(25)14(24)12(9)22/h1-3H. The largest absolute Gasteiger partial charge is 0.268 e. The van der Waals surface area contributed by atoms with Crippen molar-refractivity contribution in [3.8, 4) is 0 Å². The Morgan fingerprint density at radius 1 is 0.750 bits per heavy atom. The van der Waals surface area contributed by atoms with Crippen LogP contribution in [0.4, 0.5) is 11.4 Å². The molecule has 1 amide bonds. The van der Waals surface area contributed by atoms with Crippen molar-refractivity contribution in [3.63, 3.8) is 0 Å². The van der Waals surface area contributed by atoms with Gasteiger partial charge in [0.2, 0.25) is 0 Å². The summed E-state index contributed by atoms with van der Waals surface area (Å²) in [6, 6.07) is 5.92. The summed E-state index contributed by atoms with van der Waals surface area (Å²) in [5.41, 5.74) is 2.91. The number of fused-ring (bicyclic) bond motifs is 4. The fourth-order valence-electron chi connectivity index (χ4n) is 3.49. The quantitative estimate of drug-likeness (QED) is 0.165. The minimum Gasteiger partial charge on any atom is -0.268 e. The first kappa shape index (κ1) is 20.3. The summed E-state index contributed by atoms with van der Waals surface area (Å²) in [5.74, 6) is 0.461. The Labute approximate surface area is 218 Å². The first-order chi connectivity index (χ1) is 13.2. The fourth-order valence-corrected chi connectivity index (χ4v) is 7.34.